The molecule has 0 fully saturated rings. The molecule has 102 valence electrons. The summed E-state index contributed by atoms with van der Waals surface area (Å²) in [7, 11) is 1.62. The van der Waals surface area contributed by atoms with E-state index >= 15 is 0 Å². The van der Waals surface area contributed by atoms with Gasteiger partial charge in [0.05, 0.1) is 17.1 Å². The molecule has 0 bridgehead atoms. The maximum absolute atomic E-state index is 9.19. The number of ether oxygens (including phenoxy) is 1. The Hall–Kier alpha value is -2.45. The first-order valence-corrected chi connectivity index (χ1v) is 7.11. The minimum atomic E-state index is 0.514. The lowest BCUT2D eigenvalue weighted by molar-refractivity contribution is 0.416. The highest BCUT2D eigenvalue weighted by atomic mass is 79.9. The molecule has 0 saturated carbocycles. The highest BCUT2D eigenvalue weighted by Crippen LogP contribution is 2.41. The van der Waals surface area contributed by atoms with E-state index in [4.69, 9.17) is 4.74 Å². The van der Waals surface area contributed by atoms with Gasteiger partial charge in [0.15, 0.2) is 10.7 Å². The Kier molecular flexibility index (Phi) is 3.55. The molecular formula is C16H11BrN3O+. The molecule has 0 radical (unpaired) electrons. The zero-order valence-electron chi connectivity index (χ0n) is 11.2. The normalized spacial score (nSPS) is 10.3. The summed E-state index contributed by atoms with van der Waals surface area (Å²) >= 11 is 3.51. The second kappa shape index (κ2) is 5.51. The van der Waals surface area contributed by atoms with E-state index < -0.39 is 0 Å². The highest BCUT2D eigenvalue weighted by Gasteiger charge is 2.19. The predicted molar refractivity (Wildman–Crippen MR) is 86.2 cm³/mol. The molecule has 21 heavy (non-hydrogen) atoms. The van der Waals surface area contributed by atoms with Crippen LogP contribution in [0.3, 0.4) is 0 Å². The molecule has 0 N–H and O–H groups in total. The number of halogens is 1. The van der Waals surface area contributed by atoms with E-state index in [9.17, 15) is 5.39 Å². The van der Waals surface area contributed by atoms with Crippen LogP contribution in [0.15, 0.2) is 53.1 Å². The van der Waals surface area contributed by atoms with Gasteiger partial charge >= 0.3 is 5.69 Å². The average Bonchev–Trinajstić information content (AvgIpc) is 2.54. The molecule has 5 heteroatoms. The topological polar surface area (TPSA) is 50.3 Å². The fourth-order valence-electron chi connectivity index (χ4n) is 2.39. The third-order valence-electron chi connectivity index (χ3n) is 3.31. The van der Waals surface area contributed by atoms with Crippen LogP contribution >= 0.6 is 15.9 Å². The summed E-state index contributed by atoms with van der Waals surface area (Å²) < 4.78 is 6.23. The molecule has 1 aromatic heterocycles. The summed E-state index contributed by atoms with van der Waals surface area (Å²) in [4.78, 5) is 7.77. The van der Waals surface area contributed by atoms with E-state index in [0.717, 1.165) is 26.5 Å². The smallest absolute Gasteiger partial charge is 0.392 e. The molecule has 0 atom stereocenters. The molecule has 1 heterocycles. The summed E-state index contributed by atoms with van der Waals surface area (Å²) in [5.74, 6) is 0.688. The number of rotatable bonds is 2. The average molecular weight is 341 g/mol. The number of diazo groups is 1. The molecule has 0 aliphatic carbocycles. The van der Waals surface area contributed by atoms with Gasteiger partial charge in [0.25, 0.3) is 0 Å². The van der Waals surface area contributed by atoms with Gasteiger partial charge in [-0.25, -0.2) is 0 Å². The van der Waals surface area contributed by atoms with Crippen LogP contribution in [-0.4, -0.2) is 12.1 Å². The van der Waals surface area contributed by atoms with Crippen molar-refractivity contribution in [2.45, 2.75) is 0 Å². The quantitative estimate of drug-likeness (QED) is 0.605. The maximum Gasteiger partial charge on any atom is 0.392 e. The van der Waals surface area contributed by atoms with Crippen molar-refractivity contribution in [3.8, 4) is 16.9 Å². The van der Waals surface area contributed by atoms with Gasteiger partial charge in [-0.2, -0.15) is 0 Å². The predicted octanol–water partition coefficient (Wildman–Crippen LogP) is 5.16. The van der Waals surface area contributed by atoms with Gasteiger partial charge < -0.3 is 4.74 Å². The fraction of sp³-hybridized carbons (Fsp3) is 0.0625. The maximum atomic E-state index is 9.19. The van der Waals surface area contributed by atoms with E-state index in [1.807, 2.05) is 36.4 Å². The molecule has 3 rings (SSSR count). The van der Waals surface area contributed by atoms with Crippen molar-refractivity contribution in [1.82, 2.24) is 4.98 Å². The summed E-state index contributed by atoms with van der Waals surface area (Å²) in [5.41, 5.74) is 3.04. The molecular weight excluding hydrogens is 330 g/mol. The van der Waals surface area contributed by atoms with Gasteiger partial charge in [-0.15, -0.1) is 0 Å². The first-order chi connectivity index (χ1) is 10.3. The van der Waals surface area contributed by atoms with Crippen LogP contribution in [0, 0.1) is 5.39 Å². The van der Waals surface area contributed by atoms with Crippen LogP contribution < -0.4 is 4.74 Å². The molecule has 0 aliphatic rings. The van der Waals surface area contributed by atoms with Crippen molar-refractivity contribution < 1.29 is 4.74 Å². The van der Waals surface area contributed by atoms with Crippen LogP contribution in [0.25, 0.3) is 27.0 Å². The largest absolute Gasteiger partial charge is 0.493 e. The monoisotopic (exact) mass is 340 g/mol. The minimum absolute atomic E-state index is 0.514. The Morgan fingerprint density at radius 3 is 2.71 bits per heavy atom. The zero-order chi connectivity index (χ0) is 14.8. The number of methoxy groups -OCH3 is 1. The lowest BCUT2D eigenvalue weighted by atomic mass is 9.99. The van der Waals surface area contributed by atoms with Crippen LogP contribution in [0.1, 0.15) is 0 Å². The molecule has 0 saturated heterocycles. The Bertz CT molecular complexity index is 871. The van der Waals surface area contributed by atoms with E-state index in [1.165, 1.54) is 0 Å². The van der Waals surface area contributed by atoms with Crippen molar-refractivity contribution in [1.29, 1.82) is 5.39 Å². The molecule has 3 aromatic rings. The van der Waals surface area contributed by atoms with Crippen LogP contribution in [0.5, 0.6) is 5.75 Å². The number of hydrogen-bond acceptors (Lipinski definition) is 3. The van der Waals surface area contributed by atoms with E-state index in [2.05, 4.69) is 25.9 Å². The van der Waals surface area contributed by atoms with E-state index in [1.54, 1.807) is 19.4 Å². The van der Waals surface area contributed by atoms with E-state index in [-0.39, 0.29) is 0 Å². The third-order valence-corrected chi connectivity index (χ3v) is 3.90. The minimum Gasteiger partial charge on any atom is -0.493 e. The fourth-order valence-corrected chi connectivity index (χ4v) is 2.97. The highest BCUT2D eigenvalue weighted by molar-refractivity contribution is 9.10. The first-order valence-electron chi connectivity index (χ1n) is 6.32. The lowest BCUT2D eigenvalue weighted by Gasteiger charge is -2.11. The second-order valence-electron chi connectivity index (χ2n) is 4.46. The Morgan fingerprint density at radius 1 is 1.14 bits per heavy atom. The lowest BCUT2D eigenvalue weighted by Crippen LogP contribution is -1.91. The molecule has 0 aliphatic heterocycles. The zero-order valence-corrected chi connectivity index (χ0v) is 12.8. The van der Waals surface area contributed by atoms with Crippen molar-refractivity contribution >= 4 is 32.5 Å². The molecule has 0 amide bonds. The van der Waals surface area contributed by atoms with Gasteiger partial charge in [0, 0.05) is 23.2 Å². The number of benzene rings is 2. The second-order valence-corrected chi connectivity index (χ2v) is 5.31. The van der Waals surface area contributed by atoms with Gasteiger partial charge in [0.2, 0.25) is 5.39 Å². The van der Waals surface area contributed by atoms with Crippen molar-refractivity contribution in [2.24, 2.45) is 0 Å². The number of aromatic nitrogens is 1. The van der Waals surface area contributed by atoms with Crippen molar-refractivity contribution in [3.05, 3.63) is 58.1 Å². The molecule has 0 unspecified atom stereocenters. The Labute approximate surface area is 130 Å². The Balaban J connectivity index is 2.42. The van der Waals surface area contributed by atoms with Crippen LogP contribution in [0.4, 0.5) is 5.69 Å². The van der Waals surface area contributed by atoms with Gasteiger partial charge in [-0.05, 0) is 34.1 Å². The van der Waals surface area contributed by atoms with Crippen LogP contribution in [0.2, 0.25) is 0 Å². The molecule has 2 aromatic carbocycles. The van der Waals surface area contributed by atoms with Crippen molar-refractivity contribution in [2.75, 3.05) is 7.11 Å². The standard InChI is InChI=1S/C16H11BrN3O/c1-21-16-13(17)9-12(11-6-4-8-19-15(11)16)10-5-2-3-7-14(10)20-18/h2-9H,1H3/q+1. The third kappa shape index (κ3) is 2.24. The summed E-state index contributed by atoms with van der Waals surface area (Å²) in [6.07, 6.45) is 1.73. The number of pyridine rings is 1. The summed E-state index contributed by atoms with van der Waals surface area (Å²) in [5, 5.41) is 10.1. The van der Waals surface area contributed by atoms with Gasteiger partial charge in [-0.1, -0.05) is 18.2 Å². The summed E-state index contributed by atoms with van der Waals surface area (Å²) in [6, 6.07) is 13.2. The number of fused-ring (bicyclic) bond motifs is 1. The van der Waals surface area contributed by atoms with E-state index in [0.29, 0.717) is 11.4 Å². The SMILES string of the molecule is COc1c(Br)cc(-c2ccccc2[N+]#N)c2cccnc12. The van der Waals surface area contributed by atoms with Gasteiger partial charge in [0.1, 0.15) is 5.52 Å². The molecule has 0 spiro atoms. The first kappa shape index (κ1) is 13.5. The molecule has 4 nitrogen and oxygen atoms in total. The summed E-state index contributed by atoms with van der Waals surface area (Å²) in [6.45, 7) is 0. The number of nitrogens with zero attached hydrogens (tertiary/aromatic N) is 3. The van der Waals surface area contributed by atoms with Crippen LogP contribution in [-0.2, 0) is 0 Å². The number of hydrogen-bond donors (Lipinski definition) is 0. The van der Waals surface area contributed by atoms with Gasteiger partial charge in [-0.3, -0.25) is 4.98 Å². The Morgan fingerprint density at radius 2 is 1.95 bits per heavy atom. The van der Waals surface area contributed by atoms with Crippen molar-refractivity contribution in [3.63, 3.8) is 0 Å².